The Morgan fingerprint density at radius 2 is 2.33 bits per heavy atom. The van der Waals surface area contributed by atoms with Gasteiger partial charge in [0.05, 0.1) is 0 Å². The van der Waals surface area contributed by atoms with Gasteiger partial charge in [-0.15, -0.1) is 0 Å². The molecule has 1 amide bonds. The number of carbonyl (C=O) groups is 1. The third-order valence-electron chi connectivity index (χ3n) is 0.741. The molecule has 0 fully saturated rings. The van der Waals surface area contributed by atoms with Gasteiger partial charge in [-0.1, -0.05) is 12.7 Å². The summed E-state index contributed by atoms with van der Waals surface area (Å²) < 4.78 is 0. The lowest BCUT2D eigenvalue weighted by molar-refractivity contribution is 0.261. The van der Waals surface area contributed by atoms with E-state index in [1.165, 1.54) is 7.85 Å². The van der Waals surface area contributed by atoms with Gasteiger partial charge in [0.15, 0.2) is 5.81 Å². The van der Waals surface area contributed by atoms with Gasteiger partial charge in [0, 0.05) is 5.70 Å². The average molecular weight is 123 g/mol. The average Bonchev–Trinajstić information content (AvgIpc) is 1.63. The van der Waals surface area contributed by atoms with Crippen molar-refractivity contribution in [3.63, 3.8) is 0 Å². The molecule has 0 aliphatic carbocycles. The van der Waals surface area contributed by atoms with E-state index in [-0.39, 0.29) is 5.81 Å². The van der Waals surface area contributed by atoms with Crippen molar-refractivity contribution in [2.45, 2.75) is 6.92 Å². The quantitative estimate of drug-likeness (QED) is 0.418. The summed E-state index contributed by atoms with van der Waals surface area (Å²) in [6, 6.07) is 0. The summed E-state index contributed by atoms with van der Waals surface area (Å²) in [5, 5.41) is 2.59. The summed E-state index contributed by atoms with van der Waals surface area (Å²) in [6.07, 6.45) is 3.37. The van der Waals surface area contributed by atoms with Gasteiger partial charge in [-0.05, 0) is 13.0 Å². The Bertz CT molecular complexity index is 151. The van der Waals surface area contributed by atoms with E-state index in [0.717, 1.165) is 5.70 Å². The maximum Gasteiger partial charge on any atom is 0.216 e. The second-order valence-electron chi connectivity index (χ2n) is 1.77. The third-order valence-corrected chi connectivity index (χ3v) is 0.741. The Labute approximate surface area is 56.0 Å². The van der Waals surface area contributed by atoms with Crippen molar-refractivity contribution in [1.29, 1.82) is 0 Å². The van der Waals surface area contributed by atoms with Crippen LogP contribution in [0.4, 0.5) is 4.79 Å². The Hall–Kier alpha value is -0.985. The lowest BCUT2D eigenvalue weighted by Crippen LogP contribution is -2.18. The first kappa shape index (κ1) is 8.01. The molecule has 0 aliphatic rings. The molecule has 48 valence electrons. The minimum atomic E-state index is -0.0504. The van der Waals surface area contributed by atoms with Crippen molar-refractivity contribution in [2.24, 2.45) is 0 Å². The zero-order valence-electron chi connectivity index (χ0n) is 5.77. The van der Waals surface area contributed by atoms with Crippen LogP contribution in [-0.4, -0.2) is 13.7 Å². The molecule has 9 heavy (non-hydrogen) atoms. The molecule has 0 saturated carbocycles. The SMILES string of the molecule is BC(=O)N/C(C)=C/C=C. The van der Waals surface area contributed by atoms with Gasteiger partial charge in [-0.25, -0.2) is 0 Å². The fraction of sp³-hybridized carbons (Fsp3) is 0.167. The van der Waals surface area contributed by atoms with Gasteiger partial charge in [-0.3, -0.25) is 4.79 Å². The summed E-state index contributed by atoms with van der Waals surface area (Å²) in [6.45, 7) is 5.29. The first-order chi connectivity index (χ1) is 4.16. The Balaban J connectivity index is 3.75. The van der Waals surface area contributed by atoms with Gasteiger partial charge in [-0.2, -0.15) is 0 Å². The number of amides is 1. The maximum atomic E-state index is 10.3. The van der Waals surface area contributed by atoms with Gasteiger partial charge in [0.2, 0.25) is 7.85 Å². The minimum absolute atomic E-state index is 0.0504. The predicted molar refractivity (Wildman–Crippen MR) is 41.0 cm³/mol. The van der Waals surface area contributed by atoms with Gasteiger partial charge >= 0.3 is 0 Å². The minimum Gasteiger partial charge on any atom is -0.339 e. The van der Waals surface area contributed by atoms with E-state index in [0.29, 0.717) is 0 Å². The van der Waals surface area contributed by atoms with E-state index in [1.807, 2.05) is 6.92 Å². The van der Waals surface area contributed by atoms with E-state index in [2.05, 4.69) is 11.9 Å². The Morgan fingerprint density at radius 3 is 2.67 bits per heavy atom. The second kappa shape index (κ2) is 3.95. The number of hydrogen-bond acceptors (Lipinski definition) is 1. The summed E-state index contributed by atoms with van der Waals surface area (Å²) in [5.41, 5.74) is 0.817. The molecule has 3 heteroatoms. The van der Waals surface area contributed by atoms with Gasteiger partial charge < -0.3 is 5.32 Å². The highest BCUT2D eigenvalue weighted by molar-refractivity contribution is 6.57. The lowest BCUT2D eigenvalue weighted by Gasteiger charge is -1.97. The second-order valence-corrected chi connectivity index (χ2v) is 1.77. The zero-order chi connectivity index (χ0) is 7.28. The predicted octanol–water partition coefficient (Wildman–Crippen LogP) is 0.419. The molecule has 1 N–H and O–H groups in total. The molecule has 0 unspecified atom stereocenters. The first-order valence-corrected chi connectivity index (χ1v) is 2.73. The normalized spacial score (nSPS) is 10.6. The fourth-order valence-electron chi connectivity index (χ4n) is 0.496. The van der Waals surface area contributed by atoms with Crippen molar-refractivity contribution in [1.82, 2.24) is 5.32 Å². The van der Waals surface area contributed by atoms with Crippen LogP contribution in [0.5, 0.6) is 0 Å². The van der Waals surface area contributed by atoms with Crippen LogP contribution in [0.3, 0.4) is 0 Å². The maximum absolute atomic E-state index is 10.3. The molecule has 0 saturated heterocycles. The summed E-state index contributed by atoms with van der Waals surface area (Å²) in [7, 11) is 1.47. The fourth-order valence-corrected chi connectivity index (χ4v) is 0.496. The van der Waals surface area contributed by atoms with E-state index in [4.69, 9.17) is 0 Å². The van der Waals surface area contributed by atoms with Crippen molar-refractivity contribution in [2.75, 3.05) is 0 Å². The highest BCUT2D eigenvalue weighted by Gasteiger charge is 1.87. The molecule has 0 spiro atoms. The molecule has 0 aromatic heterocycles. The molecular weight excluding hydrogens is 113 g/mol. The topological polar surface area (TPSA) is 29.1 Å². The largest absolute Gasteiger partial charge is 0.339 e. The molecule has 0 atom stereocenters. The first-order valence-electron chi connectivity index (χ1n) is 2.73. The van der Waals surface area contributed by atoms with E-state index in [1.54, 1.807) is 12.2 Å². The Morgan fingerprint density at radius 1 is 1.78 bits per heavy atom. The zero-order valence-corrected chi connectivity index (χ0v) is 5.77. The molecular formula is C6H10BNO. The molecule has 0 aromatic rings. The van der Waals surface area contributed by atoms with Crippen LogP contribution < -0.4 is 5.32 Å². The van der Waals surface area contributed by atoms with Crippen molar-refractivity contribution in [3.8, 4) is 0 Å². The molecule has 0 bridgehead atoms. The highest BCUT2D eigenvalue weighted by Crippen LogP contribution is 1.84. The third kappa shape index (κ3) is 4.88. The van der Waals surface area contributed by atoms with Gasteiger partial charge in [0.1, 0.15) is 0 Å². The standard InChI is InChI=1S/C6H10BNO/c1-3-4-5(2)8-6(7)9/h3-4H,1,7H2,2H3,(H,8,9)/b5-4+. The van der Waals surface area contributed by atoms with Crippen molar-refractivity contribution in [3.05, 3.63) is 24.4 Å². The number of nitrogens with one attached hydrogen (secondary N) is 1. The highest BCUT2D eigenvalue weighted by atomic mass is 16.1. The number of allylic oxidation sites excluding steroid dienone is 3. The monoisotopic (exact) mass is 123 g/mol. The van der Waals surface area contributed by atoms with Crippen LogP contribution in [0.1, 0.15) is 6.92 Å². The number of rotatable bonds is 2. The van der Waals surface area contributed by atoms with Crippen LogP contribution in [0.25, 0.3) is 0 Å². The smallest absolute Gasteiger partial charge is 0.216 e. The lowest BCUT2D eigenvalue weighted by atomic mass is 10.1. The summed E-state index contributed by atoms with van der Waals surface area (Å²) >= 11 is 0. The van der Waals surface area contributed by atoms with Crippen molar-refractivity contribution >= 4 is 13.7 Å². The molecule has 0 heterocycles. The van der Waals surface area contributed by atoms with E-state index >= 15 is 0 Å². The summed E-state index contributed by atoms with van der Waals surface area (Å²) in [4.78, 5) is 10.3. The number of hydrogen-bond donors (Lipinski definition) is 1. The van der Waals surface area contributed by atoms with Crippen LogP contribution in [-0.2, 0) is 0 Å². The number of carbonyl (C=O) groups excluding carboxylic acids is 1. The van der Waals surface area contributed by atoms with Crippen LogP contribution in [0, 0.1) is 0 Å². The molecule has 0 aromatic carbocycles. The molecule has 2 nitrogen and oxygen atoms in total. The van der Waals surface area contributed by atoms with E-state index in [9.17, 15) is 4.79 Å². The van der Waals surface area contributed by atoms with Gasteiger partial charge in [0.25, 0.3) is 0 Å². The molecule has 0 aliphatic heterocycles. The molecule has 0 radical (unpaired) electrons. The molecule has 0 rings (SSSR count). The summed E-state index contributed by atoms with van der Waals surface area (Å²) in [5.74, 6) is -0.0504. The van der Waals surface area contributed by atoms with Crippen LogP contribution in [0.2, 0.25) is 0 Å². The van der Waals surface area contributed by atoms with Crippen LogP contribution >= 0.6 is 0 Å². The van der Waals surface area contributed by atoms with Crippen LogP contribution in [0.15, 0.2) is 24.4 Å². The van der Waals surface area contributed by atoms with Crippen molar-refractivity contribution < 1.29 is 4.79 Å². The Kier molecular flexibility index (Phi) is 3.52. The van der Waals surface area contributed by atoms with E-state index < -0.39 is 0 Å².